The summed E-state index contributed by atoms with van der Waals surface area (Å²) in [5.41, 5.74) is -0.0294. The molecular formula is C16H23F11N2O. The summed E-state index contributed by atoms with van der Waals surface area (Å²) in [5, 5.41) is 0. The molecule has 0 aromatic carbocycles. The molecular weight excluding hydrogens is 445 g/mol. The van der Waals surface area contributed by atoms with Crippen molar-refractivity contribution in [2.45, 2.75) is 87.8 Å². The number of nitrogens with two attached hydrogens (primary N) is 1. The quantitative estimate of drug-likeness (QED) is 0.420. The van der Waals surface area contributed by atoms with E-state index in [1.807, 2.05) is 0 Å². The summed E-state index contributed by atoms with van der Waals surface area (Å²) in [4.78, 5) is 0.351. The molecule has 5 unspecified atom stereocenters. The molecule has 0 aromatic rings. The van der Waals surface area contributed by atoms with Crippen LogP contribution in [0.2, 0.25) is 0 Å². The monoisotopic (exact) mass is 468 g/mol. The number of alkyl halides is 11. The molecule has 0 bridgehead atoms. The van der Waals surface area contributed by atoms with Crippen molar-refractivity contribution in [1.29, 1.82) is 0 Å². The van der Waals surface area contributed by atoms with Gasteiger partial charge in [-0.25, -0.2) is 22.0 Å². The van der Waals surface area contributed by atoms with Gasteiger partial charge < -0.3 is 4.74 Å². The first-order chi connectivity index (χ1) is 13.3. The average molecular weight is 468 g/mol. The van der Waals surface area contributed by atoms with Gasteiger partial charge in [0.15, 0.2) is 0 Å². The Morgan fingerprint density at radius 3 is 1.57 bits per heavy atom. The molecule has 1 fully saturated rings. The van der Waals surface area contributed by atoms with Crippen molar-refractivity contribution >= 4 is 0 Å². The number of likely N-dealkylation sites (tertiary alicyclic amines) is 1. The van der Waals surface area contributed by atoms with Crippen LogP contribution in [-0.2, 0) is 4.74 Å². The molecule has 14 heteroatoms. The van der Waals surface area contributed by atoms with Crippen LogP contribution in [-0.4, -0.2) is 66.2 Å². The van der Waals surface area contributed by atoms with Crippen molar-refractivity contribution in [2.24, 2.45) is 5.73 Å². The van der Waals surface area contributed by atoms with Crippen LogP contribution < -0.4 is 5.73 Å². The third kappa shape index (κ3) is 5.12. The Kier molecular flexibility index (Phi) is 8.08. The molecule has 30 heavy (non-hydrogen) atoms. The zero-order valence-electron chi connectivity index (χ0n) is 16.1. The summed E-state index contributed by atoms with van der Waals surface area (Å²) in [6, 6.07) is 0. The molecule has 5 atom stereocenters. The van der Waals surface area contributed by atoms with E-state index in [-0.39, 0.29) is 39.8 Å². The Bertz CT molecular complexity index is 558. The van der Waals surface area contributed by atoms with E-state index < -0.39 is 48.2 Å². The van der Waals surface area contributed by atoms with Crippen LogP contribution in [0.1, 0.15) is 39.5 Å². The molecule has 1 saturated heterocycles. The molecule has 1 rings (SSSR count). The zero-order valence-corrected chi connectivity index (χ0v) is 16.1. The molecule has 0 radical (unpaired) electrons. The smallest absolute Gasteiger partial charge is 0.365 e. The van der Waals surface area contributed by atoms with Crippen molar-refractivity contribution in [1.82, 2.24) is 4.90 Å². The summed E-state index contributed by atoms with van der Waals surface area (Å²) in [7, 11) is 0. The predicted molar refractivity (Wildman–Crippen MR) is 83.9 cm³/mol. The normalized spacial score (nSPS) is 25.0. The van der Waals surface area contributed by atoms with Crippen molar-refractivity contribution in [3.05, 3.63) is 0 Å². The van der Waals surface area contributed by atoms with E-state index in [2.05, 4.69) is 4.74 Å². The van der Waals surface area contributed by atoms with E-state index in [0.29, 0.717) is 17.7 Å². The molecule has 1 aliphatic heterocycles. The Labute approximate surface area is 165 Å². The predicted octanol–water partition coefficient (Wildman–Crippen LogP) is 5.04. The van der Waals surface area contributed by atoms with Gasteiger partial charge in [-0.15, -0.1) is 0 Å². The Hall–Kier alpha value is -0.890. The van der Waals surface area contributed by atoms with Crippen LogP contribution in [0.4, 0.5) is 48.3 Å². The second-order valence-corrected chi connectivity index (χ2v) is 7.28. The SMILES string of the molecule is CC(OC(C)C(F)(C(F)(F)F)C(N)(F)N1CCCCCC1)C(F)(F)C(F)C(F)(F)F. The second kappa shape index (κ2) is 8.93. The number of hydrogen-bond acceptors (Lipinski definition) is 3. The molecule has 0 spiro atoms. The summed E-state index contributed by atoms with van der Waals surface area (Å²) in [5.74, 6) is -9.67. The standard InChI is InChI=1S/C16H23F11N2O/c1-9(12(18,19)11(17)14(21,22)23)30-10(2)13(20,15(24,25)26)16(27,28)29-7-5-3-4-6-8-29/h9-11H,3-8,28H2,1-2H3. The van der Waals surface area contributed by atoms with Gasteiger partial charge in [-0.05, 0) is 26.7 Å². The Morgan fingerprint density at radius 1 is 0.767 bits per heavy atom. The van der Waals surface area contributed by atoms with Crippen molar-refractivity contribution in [2.75, 3.05) is 13.1 Å². The van der Waals surface area contributed by atoms with Crippen molar-refractivity contribution in [3.63, 3.8) is 0 Å². The van der Waals surface area contributed by atoms with Crippen LogP contribution >= 0.6 is 0 Å². The minimum Gasteiger partial charge on any atom is -0.365 e. The molecule has 0 saturated carbocycles. The largest absolute Gasteiger partial charge is 0.431 e. The van der Waals surface area contributed by atoms with E-state index in [1.165, 1.54) is 0 Å². The maximum Gasteiger partial charge on any atom is 0.431 e. The highest BCUT2D eigenvalue weighted by atomic mass is 19.4. The second-order valence-electron chi connectivity index (χ2n) is 7.28. The van der Waals surface area contributed by atoms with Gasteiger partial charge in [0.25, 0.3) is 17.8 Å². The number of ether oxygens (including phenoxy) is 1. The minimum atomic E-state index is -6.10. The first-order valence-corrected chi connectivity index (χ1v) is 9.03. The molecule has 1 heterocycles. The fraction of sp³-hybridized carbons (Fsp3) is 1.00. The highest BCUT2D eigenvalue weighted by Gasteiger charge is 2.74. The third-order valence-electron chi connectivity index (χ3n) is 5.12. The molecule has 1 aliphatic rings. The number of halogens is 11. The topological polar surface area (TPSA) is 38.5 Å². The molecule has 2 N–H and O–H groups in total. The zero-order chi connectivity index (χ0) is 23.8. The van der Waals surface area contributed by atoms with E-state index in [4.69, 9.17) is 5.73 Å². The maximum atomic E-state index is 15.2. The van der Waals surface area contributed by atoms with Crippen LogP contribution in [0, 0.1) is 0 Å². The summed E-state index contributed by atoms with van der Waals surface area (Å²) in [6.07, 6.45) is -21.9. The summed E-state index contributed by atoms with van der Waals surface area (Å²) >= 11 is 0. The van der Waals surface area contributed by atoms with Gasteiger partial charge in [-0.1, -0.05) is 12.8 Å². The first kappa shape index (κ1) is 27.1. The van der Waals surface area contributed by atoms with Crippen molar-refractivity contribution in [3.8, 4) is 0 Å². The number of nitrogens with zero attached hydrogens (tertiary/aromatic N) is 1. The fourth-order valence-electron chi connectivity index (χ4n) is 3.26. The molecule has 180 valence electrons. The Morgan fingerprint density at radius 2 is 1.20 bits per heavy atom. The van der Waals surface area contributed by atoms with Gasteiger partial charge in [0.1, 0.15) is 12.2 Å². The molecule has 3 nitrogen and oxygen atoms in total. The van der Waals surface area contributed by atoms with E-state index >= 15 is 8.78 Å². The van der Waals surface area contributed by atoms with Gasteiger partial charge >= 0.3 is 18.3 Å². The van der Waals surface area contributed by atoms with Gasteiger partial charge in [0.2, 0.25) is 0 Å². The highest BCUT2D eigenvalue weighted by molar-refractivity contribution is 5.07. The maximum absolute atomic E-state index is 15.2. The first-order valence-electron chi connectivity index (χ1n) is 9.03. The van der Waals surface area contributed by atoms with Crippen LogP contribution in [0.25, 0.3) is 0 Å². The van der Waals surface area contributed by atoms with Gasteiger partial charge in [0.05, 0.1) is 0 Å². The van der Waals surface area contributed by atoms with Crippen LogP contribution in [0.15, 0.2) is 0 Å². The number of hydrogen-bond donors (Lipinski definition) is 1. The van der Waals surface area contributed by atoms with E-state index in [1.54, 1.807) is 0 Å². The number of rotatable bonds is 7. The van der Waals surface area contributed by atoms with E-state index in [9.17, 15) is 39.5 Å². The summed E-state index contributed by atoms with van der Waals surface area (Å²) in [6.45, 7) is -0.449. The van der Waals surface area contributed by atoms with Crippen LogP contribution in [0.5, 0.6) is 0 Å². The molecule has 0 aliphatic carbocycles. The third-order valence-corrected chi connectivity index (χ3v) is 5.12. The highest BCUT2D eigenvalue weighted by Crippen LogP contribution is 2.48. The molecule has 0 amide bonds. The van der Waals surface area contributed by atoms with Crippen LogP contribution in [0.3, 0.4) is 0 Å². The molecule has 0 aromatic heterocycles. The lowest BCUT2D eigenvalue weighted by Gasteiger charge is -2.47. The van der Waals surface area contributed by atoms with Gasteiger partial charge in [-0.3, -0.25) is 10.6 Å². The lowest BCUT2D eigenvalue weighted by atomic mass is 9.91. The lowest BCUT2D eigenvalue weighted by molar-refractivity contribution is -0.345. The van der Waals surface area contributed by atoms with Gasteiger partial charge in [0, 0.05) is 13.1 Å². The van der Waals surface area contributed by atoms with Crippen molar-refractivity contribution < 1.29 is 53.0 Å². The lowest BCUT2D eigenvalue weighted by Crippen LogP contribution is -2.75. The minimum absolute atomic E-state index is 0.119. The summed E-state index contributed by atoms with van der Waals surface area (Å²) < 4.78 is 152. The average Bonchev–Trinajstić information content (AvgIpc) is 2.87. The Balaban J connectivity index is 3.24. The van der Waals surface area contributed by atoms with E-state index in [0.717, 1.165) is 0 Å². The fourth-order valence-corrected chi connectivity index (χ4v) is 3.26. The van der Waals surface area contributed by atoms with Gasteiger partial charge in [-0.2, -0.15) is 26.3 Å².